The number of nitrogens with zero attached hydrogens (tertiary/aromatic N) is 2. The van der Waals surface area contributed by atoms with E-state index in [2.05, 4.69) is 11.1 Å². The topological polar surface area (TPSA) is 34.4 Å². The average molecular weight is 332 g/mol. The molecule has 0 aliphatic carbocycles. The maximum Gasteiger partial charge on any atom is 0.274 e. The summed E-state index contributed by atoms with van der Waals surface area (Å²) in [5.41, 5.74) is 5.17. The highest BCUT2D eigenvalue weighted by molar-refractivity contribution is 7.15. The van der Waals surface area contributed by atoms with Crippen molar-refractivity contribution < 1.29 is 0 Å². The van der Waals surface area contributed by atoms with Crippen molar-refractivity contribution in [3.63, 3.8) is 0 Å². The first-order chi connectivity index (χ1) is 11.6. The minimum atomic E-state index is 0.000196. The third-order valence-electron chi connectivity index (χ3n) is 4.02. The molecular formula is C20H16N2OS. The Morgan fingerprint density at radius 2 is 1.92 bits per heavy atom. The lowest BCUT2D eigenvalue weighted by molar-refractivity contribution is 1.19. The first kappa shape index (κ1) is 14.8. The molecule has 3 nitrogen and oxygen atoms in total. The maximum atomic E-state index is 12.7. The Labute approximate surface area is 143 Å². The molecule has 118 valence electrons. The van der Waals surface area contributed by atoms with Gasteiger partial charge in [0.05, 0.1) is 15.6 Å². The van der Waals surface area contributed by atoms with Gasteiger partial charge in [0.1, 0.15) is 0 Å². The van der Waals surface area contributed by atoms with Crippen LogP contribution in [0, 0.1) is 13.8 Å². The molecule has 0 N–H and O–H groups in total. The van der Waals surface area contributed by atoms with Crippen molar-refractivity contribution in [3.8, 4) is 0 Å². The molecule has 24 heavy (non-hydrogen) atoms. The zero-order valence-electron chi connectivity index (χ0n) is 13.5. The van der Waals surface area contributed by atoms with Crippen molar-refractivity contribution in [1.29, 1.82) is 0 Å². The van der Waals surface area contributed by atoms with Crippen LogP contribution in [0.4, 0.5) is 0 Å². The highest BCUT2D eigenvalue weighted by Gasteiger charge is 2.12. The lowest BCUT2D eigenvalue weighted by atomic mass is 10.1. The van der Waals surface area contributed by atoms with Gasteiger partial charge in [0.2, 0.25) is 0 Å². The Kier molecular flexibility index (Phi) is 3.54. The van der Waals surface area contributed by atoms with Crippen molar-refractivity contribution in [3.05, 3.63) is 80.1 Å². The first-order valence-corrected chi connectivity index (χ1v) is 8.61. The fraction of sp³-hybridized carbons (Fsp3) is 0.100. The Hall–Kier alpha value is -2.72. The summed E-state index contributed by atoms with van der Waals surface area (Å²) in [6, 6.07) is 14.2. The molecule has 0 aliphatic rings. The van der Waals surface area contributed by atoms with Gasteiger partial charge < -0.3 is 0 Å². The van der Waals surface area contributed by atoms with Crippen molar-refractivity contribution in [2.45, 2.75) is 13.8 Å². The third kappa shape index (κ3) is 2.45. The normalized spacial score (nSPS) is 12.8. The highest BCUT2D eigenvalue weighted by atomic mass is 32.1. The molecule has 2 aromatic heterocycles. The number of hydrogen-bond donors (Lipinski definition) is 0. The van der Waals surface area contributed by atoms with Crippen molar-refractivity contribution >= 4 is 39.5 Å². The minimum Gasteiger partial charge on any atom is -0.267 e. The zero-order chi connectivity index (χ0) is 16.7. The van der Waals surface area contributed by atoms with Gasteiger partial charge in [-0.1, -0.05) is 59.9 Å². The zero-order valence-corrected chi connectivity index (χ0v) is 14.3. The summed E-state index contributed by atoms with van der Waals surface area (Å²) in [5.74, 6) is 0. The number of hydrogen-bond acceptors (Lipinski definition) is 3. The van der Waals surface area contributed by atoms with E-state index in [-0.39, 0.29) is 5.56 Å². The van der Waals surface area contributed by atoms with Crippen LogP contribution in [-0.2, 0) is 0 Å². The lowest BCUT2D eigenvalue weighted by Gasteiger charge is -1.97. The molecule has 4 rings (SSSR count). The minimum absolute atomic E-state index is 0.000196. The largest absolute Gasteiger partial charge is 0.274 e. The molecule has 4 heteroatoms. The summed E-state index contributed by atoms with van der Waals surface area (Å²) < 4.78 is 2.42. The smallest absolute Gasteiger partial charge is 0.267 e. The van der Waals surface area contributed by atoms with Crippen LogP contribution < -0.4 is 10.1 Å². The molecule has 0 radical (unpaired) electrons. The van der Waals surface area contributed by atoms with E-state index in [1.807, 2.05) is 68.5 Å². The standard InChI is InChI=1S/C20H16N2OS/c1-13-11-14(2)18-16(12-13)22-19(23)17(24-20(22)21-18)10-6-9-15-7-4-3-5-8-15/h3-12H,1-2H3. The Morgan fingerprint density at radius 1 is 1.12 bits per heavy atom. The molecule has 2 heterocycles. The van der Waals surface area contributed by atoms with E-state index in [0.717, 1.165) is 32.7 Å². The van der Waals surface area contributed by atoms with Gasteiger partial charge in [0.15, 0.2) is 4.96 Å². The number of imidazole rings is 1. The lowest BCUT2D eigenvalue weighted by Crippen LogP contribution is -2.22. The fourth-order valence-corrected chi connectivity index (χ4v) is 3.87. The van der Waals surface area contributed by atoms with Crippen LogP contribution in [-0.4, -0.2) is 9.38 Å². The number of allylic oxidation sites excluding steroid dienone is 1. The number of aromatic nitrogens is 2. The maximum absolute atomic E-state index is 12.7. The second-order valence-corrected chi connectivity index (χ2v) is 6.90. The molecule has 0 spiro atoms. The van der Waals surface area contributed by atoms with Gasteiger partial charge in [0.25, 0.3) is 5.56 Å². The molecule has 0 saturated heterocycles. The Morgan fingerprint density at radius 3 is 2.71 bits per heavy atom. The van der Waals surface area contributed by atoms with Crippen molar-refractivity contribution in [2.24, 2.45) is 0 Å². The monoisotopic (exact) mass is 332 g/mol. The van der Waals surface area contributed by atoms with E-state index in [1.54, 1.807) is 4.40 Å². The van der Waals surface area contributed by atoms with Gasteiger partial charge in [0, 0.05) is 0 Å². The molecule has 0 unspecified atom stereocenters. The molecule has 2 aromatic carbocycles. The molecule has 0 fully saturated rings. The summed E-state index contributed by atoms with van der Waals surface area (Å²) in [6.45, 7) is 4.07. The third-order valence-corrected chi connectivity index (χ3v) is 5.00. The predicted octanol–water partition coefficient (Wildman–Crippen LogP) is 3.74. The number of fused-ring (bicyclic) bond motifs is 3. The van der Waals surface area contributed by atoms with E-state index in [4.69, 9.17) is 0 Å². The van der Waals surface area contributed by atoms with Gasteiger partial charge in [-0.15, -0.1) is 0 Å². The highest BCUT2D eigenvalue weighted by Crippen LogP contribution is 2.21. The van der Waals surface area contributed by atoms with Gasteiger partial charge in [-0.3, -0.25) is 4.79 Å². The summed E-state index contributed by atoms with van der Waals surface area (Å²) in [4.78, 5) is 18.1. The number of rotatable bonds is 2. The summed E-state index contributed by atoms with van der Waals surface area (Å²) >= 11 is 1.43. The van der Waals surface area contributed by atoms with Crippen LogP contribution >= 0.6 is 11.3 Å². The van der Waals surface area contributed by atoms with Gasteiger partial charge in [-0.25, -0.2) is 9.38 Å². The van der Waals surface area contributed by atoms with E-state index in [9.17, 15) is 4.79 Å². The van der Waals surface area contributed by atoms with Crippen molar-refractivity contribution in [2.75, 3.05) is 0 Å². The molecular weight excluding hydrogens is 316 g/mol. The number of aryl methyl sites for hydroxylation is 2. The predicted molar refractivity (Wildman–Crippen MR) is 101 cm³/mol. The number of thiazole rings is 1. The van der Waals surface area contributed by atoms with E-state index in [0.29, 0.717) is 4.53 Å². The second-order valence-electron chi connectivity index (χ2n) is 5.89. The van der Waals surface area contributed by atoms with Crippen LogP contribution in [0.3, 0.4) is 0 Å². The van der Waals surface area contributed by atoms with E-state index >= 15 is 0 Å². The van der Waals surface area contributed by atoms with Crippen LogP contribution in [0.1, 0.15) is 16.7 Å². The molecule has 0 bridgehead atoms. The second kappa shape index (κ2) is 5.73. The molecule has 0 saturated carbocycles. The Balaban J connectivity index is 1.86. The van der Waals surface area contributed by atoms with Crippen LogP contribution in [0.15, 0.2) is 53.3 Å². The molecule has 4 aromatic rings. The van der Waals surface area contributed by atoms with Crippen LogP contribution in [0.2, 0.25) is 0 Å². The van der Waals surface area contributed by atoms with E-state index in [1.165, 1.54) is 11.3 Å². The summed E-state index contributed by atoms with van der Waals surface area (Å²) in [5, 5.41) is 0. The Bertz CT molecular complexity index is 1180. The first-order valence-electron chi connectivity index (χ1n) is 7.79. The molecule has 0 amide bonds. The van der Waals surface area contributed by atoms with Crippen molar-refractivity contribution in [1.82, 2.24) is 9.38 Å². The SMILES string of the molecule is Cc1cc(C)c2nc3sc(=CC=Cc4ccccc4)c(=O)n3c2c1. The average Bonchev–Trinajstić information content (AvgIpc) is 3.07. The van der Waals surface area contributed by atoms with Gasteiger partial charge >= 0.3 is 0 Å². The summed E-state index contributed by atoms with van der Waals surface area (Å²) in [6.07, 6.45) is 5.78. The van der Waals surface area contributed by atoms with Crippen LogP contribution in [0.5, 0.6) is 0 Å². The van der Waals surface area contributed by atoms with Crippen LogP contribution in [0.25, 0.3) is 28.1 Å². The molecule has 0 atom stereocenters. The van der Waals surface area contributed by atoms with Gasteiger partial charge in [-0.2, -0.15) is 0 Å². The number of benzene rings is 2. The van der Waals surface area contributed by atoms with E-state index < -0.39 is 0 Å². The molecule has 0 aliphatic heterocycles. The van der Waals surface area contributed by atoms with Gasteiger partial charge in [-0.05, 0) is 42.7 Å². The fourth-order valence-electron chi connectivity index (χ4n) is 2.94. The quantitative estimate of drug-likeness (QED) is 0.560. The summed E-state index contributed by atoms with van der Waals surface area (Å²) in [7, 11) is 0.